The Bertz CT molecular complexity index is 278. The molecule has 1 atom stereocenters. The van der Waals surface area contributed by atoms with Gasteiger partial charge in [-0.3, -0.25) is 4.90 Å². The van der Waals surface area contributed by atoms with Crippen LogP contribution in [0.25, 0.3) is 0 Å². The number of nitrogens with zero attached hydrogens (tertiary/aromatic N) is 1. The predicted molar refractivity (Wildman–Crippen MR) is 89.8 cm³/mol. The normalized spacial score (nSPS) is 22.2. The first-order chi connectivity index (χ1) is 9.10. The second-order valence-electron chi connectivity index (χ2n) is 8.92. The molecule has 1 saturated heterocycles. The third-order valence-corrected chi connectivity index (χ3v) is 5.04. The maximum atomic E-state index is 6.30. The molecule has 1 rings (SSSR count). The minimum Gasteiger partial charge on any atom is -0.329 e. The van der Waals surface area contributed by atoms with Crippen LogP contribution >= 0.6 is 0 Å². The maximum Gasteiger partial charge on any atom is 0.0336 e. The fraction of sp³-hybridized carbons (Fsp3) is 1.00. The van der Waals surface area contributed by atoms with Gasteiger partial charge in [0.25, 0.3) is 0 Å². The third-order valence-electron chi connectivity index (χ3n) is 5.04. The van der Waals surface area contributed by atoms with Gasteiger partial charge in [-0.25, -0.2) is 0 Å². The topological polar surface area (TPSA) is 29.3 Å². The van der Waals surface area contributed by atoms with Crippen molar-refractivity contribution < 1.29 is 0 Å². The van der Waals surface area contributed by atoms with Gasteiger partial charge in [-0.05, 0) is 49.0 Å². The summed E-state index contributed by atoms with van der Waals surface area (Å²) in [5, 5.41) is 0. The van der Waals surface area contributed by atoms with E-state index in [-0.39, 0.29) is 5.54 Å². The van der Waals surface area contributed by atoms with E-state index in [1.807, 2.05) is 0 Å². The highest BCUT2D eigenvalue weighted by Gasteiger charge is 2.42. The Kier molecular flexibility index (Phi) is 6.10. The molecule has 1 fully saturated rings. The van der Waals surface area contributed by atoms with Crippen LogP contribution in [0.5, 0.6) is 0 Å². The highest BCUT2D eigenvalue weighted by Crippen LogP contribution is 2.40. The predicted octanol–water partition coefficient (Wildman–Crippen LogP) is 4.14. The standard InChI is InChI=1S/C18H38N2/c1-14(2)10-18(13-19,11-15(3)4)20-9-8-16(12-20)17(5,6)7/h14-16H,8-13,19H2,1-7H3. The van der Waals surface area contributed by atoms with E-state index in [0.717, 1.165) is 12.5 Å². The highest BCUT2D eigenvalue weighted by atomic mass is 15.2. The van der Waals surface area contributed by atoms with E-state index in [1.54, 1.807) is 0 Å². The van der Waals surface area contributed by atoms with Gasteiger partial charge in [0.1, 0.15) is 0 Å². The molecule has 1 aliphatic rings. The fourth-order valence-electron chi connectivity index (χ4n) is 4.06. The smallest absolute Gasteiger partial charge is 0.0336 e. The molecular weight excluding hydrogens is 244 g/mol. The second-order valence-corrected chi connectivity index (χ2v) is 8.92. The highest BCUT2D eigenvalue weighted by molar-refractivity contribution is 4.98. The minimum atomic E-state index is 0.225. The van der Waals surface area contributed by atoms with Gasteiger partial charge in [0.05, 0.1) is 0 Å². The molecule has 2 N–H and O–H groups in total. The molecule has 0 amide bonds. The molecule has 0 aromatic rings. The molecule has 0 radical (unpaired) electrons. The molecule has 0 aromatic carbocycles. The zero-order valence-corrected chi connectivity index (χ0v) is 15.0. The Labute approximate surface area is 127 Å². The Balaban J connectivity index is 2.88. The van der Waals surface area contributed by atoms with Crippen LogP contribution < -0.4 is 5.73 Å². The minimum absolute atomic E-state index is 0.225. The van der Waals surface area contributed by atoms with Crippen LogP contribution in [0.4, 0.5) is 0 Å². The lowest BCUT2D eigenvalue weighted by atomic mass is 9.79. The first-order valence-corrected chi connectivity index (χ1v) is 8.56. The van der Waals surface area contributed by atoms with Gasteiger partial charge in [0, 0.05) is 18.6 Å². The molecule has 2 nitrogen and oxygen atoms in total. The summed E-state index contributed by atoms with van der Waals surface area (Å²) in [7, 11) is 0. The van der Waals surface area contributed by atoms with Gasteiger partial charge in [0.2, 0.25) is 0 Å². The van der Waals surface area contributed by atoms with Crippen LogP contribution in [0, 0.1) is 23.2 Å². The van der Waals surface area contributed by atoms with Crippen molar-refractivity contribution in [3.8, 4) is 0 Å². The maximum absolute atomic E-state index is 6.30. The van der Waals surface area contributed by atoms with Crippen LogP contribution in [-0.4, -0.2) is 30.1 Å². The van der Waals surface area contributed by atoms with Crippen molar-refractivity contribution in [1.29, 1.82) is 0 Å². The summed E-state index contributed by atoms with van der Waals surface area (Å²) in [6.07, 6.45) is 3.80. The van der Waals surface area contributed by atoms with E-state index >= 15 is 0 Å². The summed E-state index contributed by atoms with van der Waals surface area (Å²) in [5.74, 6) is 2.24. The van der Waals surface area contributed by atoms with E-state index < -0.39 is 0 Å². The first kappa shape index (κ1) is 18.0. The summed E-state index contributed by atoms with van der Waals surface area (Å²) in [6.45, 7) is 19.8. The Morgan fingerprint density at radius 1 is 1.05 bits per heavy atom. The monoisotopic (exact) mass is 282 g/mol. The van der Waals surface area contributed by atoms with E-state index in [9.17, 15) is 0 Å². The summed E-state index contributed by atoms with van der Waals surface area (Å²) >= 11 is 0. The number of hydrogen-bond acceptors (Lipinski definition) is 2. The zero-order chi connectivity index (χ0) is 15.6. The van der Waals surface area contributed by atoms with Crippen LogP contribution in [0.1, 0.15) is 67.7 Å². The third kappa shape index (κ3) is 4.46. The number of hydrogen-bond donors (Lipinski definition) is 1. The lowest BCUT2D eigenvalue weighted by molar-refractivity contribution is 0.0657. The van der Waals surface area contributed by atoms with Gasteiger partial charge in [0.15, 0.2) is 0 Å². The van der Waals surface area contributed by atoms with E-state index in [2.05, 4.69) is 53.4 Å². The molecule has 0 aliphatic carbocycles. The van der Waals surface area contributed by atoms with E-state index in [0.29, 0.717) is 17.3 Å². The van der Waals surface area contributed by atoms with E-state index in [1.165, 1.54) is 32.4 Å². The Morgan fingerprint density at radius 3 is 1.85 bits per heavy atom. The average molecular weight is 283 g/mol. The van der Waals surface area contributed by atoms with Crippen molar-refractivity contribution in [3.63, 3.8) is 0 Å². The van der Waals surface area contributed by atoms with Crippen LogP contribution in [0.15, 0.2) is 0 Å². The Morgan fingerprint density at radius 2 is 1.55 bits per heavy atom. The fourth-order valence-corrected chi connectivity index (χ4v) is 4.06. The number of nitrogens with two attached hydrogens (primary N) is 1. The summed E-state index contributed by atoms with van der Waals surface area (Å²) in [5.41, 5.74) is 6.94. The van der Waals surface area contributed by atoms with Crippen molar-refractivity contribution in [2.24, 2.45) is 28.9 Å². The van der Waals surface area contributed by atoms with E-state index in [4.69, 9.17) is 5.73 Å². The largest absolute Gasteiger partial charge is 0.329 e. The van der Waals surface area contributed by atoms with Gasteiger partial charge in [-0.1, -0.05) is 48.5 Å². The van der Waals surface area contributed by atoms with Gasteiger partial charge < -0.3 is 5.73 Å². The lowest BCUT2D eigenvalue weighted by Crippen LogP contribution is -2.54. The van der Waals surface area contributed by atoms with Crippen LogP contribution in [0.2, 0.25) is 0 Å². The van der Waals surface area contributed by atoms with Crippen molar-refractivity contribution >= 4 is 0 Å². The molecular formula is C18H38N2. The molecule has 0 saturated carbocycles. The number of rotatable bonds is 6. The quantitative estimate of drug-likeness (QED) is 0.793. The zero-order valence-electron chi connectivity index (χ0n) is 15.0. The molecule has 120 valence electrons. The molecule has 1 unspecified atom stereocenters. The molecule has 2 heteroatoms. The van der Waals surface area contributed by atoms with Crippen LogP contribution in [-0.2, 0) is 0 Å². The molecule has 0 aromatic heterocycles. The van der Waals surface area contributed by atoms with Crippen molar-refractivity contribution in [2.45, 2.75) is 73.3 Å². The summed E-state index contributed by atoms with van der Waals surface area (Å²) in [4.78, 5) is 2.74. The summed E-state index contributed by atoms with van der Waals surface area (Å²) in [6, 6.07) is 0. The Hall–Kier alpha value is -0.0800. The number of likely N-dealkylation sites (tertiary alicyclic amines) is 1. The molecule has 20 heavy (non-hydrogen) atoms. The van der Waals surface area contributed by atoms with Crippen molar-refractivity contribution in [1.82, 2.24) is 4.90 Å². The molecule has 0 spiro atoms. The van der Waals surface area contributed by atoms with Gasteiger partial charge >= 0.3 is 0 Å². The molecule has 1 aliphatic heterocycles. The van der Waals surface area contributed by atoms with Gasteiger partial charge in [-0.15, -0.1) is 0 Å². The van der Waals surface area contributed by atoms with Crippen molar-refractivity contribution in [3.05, 3.63) is 0 Å². The van der Waals surface area contributed by atoms with Gasteiger partial charge in [-0.2, -0.15) is 0 Å². The SMILES string of the molecule is CC(C)CC(CN)(CC(C)C)N1CCC(C(C)(C)C)C1. The molecule has 0 bridgehead atoms. The second kappa shape index (κ2) is 6.79. The molecule has 1 heterocycles. The average Bonchev–Trinajstić information content (AvgIpc) is 2.75. The lowest BCUT2D eigenvalue weighted by Gasteiger charge is -2.44. The van der Waals surface area contributed by atoms with Crippen LogP contribution in [0.3, 0.4) is 0 Å². The van der Waals surface area contributed by atoms with Crippen molar-refractivity contribution in [2.75, 3.05) is 19.6 Å². The summed E-state index contributed by atoms with van der Waals surface area (Å²) < 4.78 is 0. The first-order valence-electron chi connectivity index (χ1n) is 8.56.